The summed E-state index contributed by atoms with van der Waals surface area (Å²) < 4.78 is 25.9. The summed E-state index contributed by atoms with van der Waals surface area (Å²) in [5, 5.41) is 8.93. The number of nitrogens with zero attached hydrogens (tertiary/aromatic N) is 1. The van der Waals surface area contributed by atoms with Crippen LogP contribution >= 0.6 is 15.9 Å². The maximum absolute atomic E-state index is 14.2. The van der Waals surface area contributed by atoms with Crippen LogP contribution in [0.3, 0.4) is 0 Å². The number of halogens is 3. The molecule has 4 heteroatoms. The fourth-order valence-corrected chi connectivity index (χ4v) is 2.37. The highest BCUT2D eigenvalue weighted by molar-refractivity contribution is 9.10. The minimum Gasteiger partial charge on any atom is -0.226 e. The van der Waals surface area contributed by atoms with E-state index in [0.717, 1.165) is 0 Å². The van der Waals surface area contributed by atoms with Crippen LogP contribution in [0.4, 0.5) is 8.78 Å². The quantitative estimate of drug-likeness (QED) is 0.719. The Bertz CT molecular complexity index is 541. The van der Waals surface area contributed by atoms with E-state index in [4.69, 9.17) is 5.26 Å². The molecule has 1 aliphatic rings. The van der Waals surface area contributed by atoms with Crippen molar-refractivity contribution in [3.8, 4) is 6.07 Å². The molecule has 1 aromatic carbocycles. The number of rotatable bonds is 1. The van der Waals surface area contributed by atoms with Gasteiger partial charge in [0, 0.05) is 0 Å². The van der Waals surface area contributed by atoms with Crippen LogP contribution in [0.1, 0.15) is 17.0 Å². The lowest BCUT2D eigenvalue weighted by atomic mass is 9.88. The highest BCUT2D eigenvalue weighted by Crippen LogP contribution is 2.42. The molecule has 0 radical (unpaired) electrons. The highest BCUT2D eigenvalue weighted by atomic mass is 79.9. The summed E-state index contributed by atoms with van der Waals surface area (Å²) in [6, 6.07) is 6.01. The van der Waals surface area contributed by atoms with Crippen LogP contribution in [0.15, 0.2) is 42.5 Å². The third-order valence-corrected chi connectivity index (χ3v) is 3.40. The molecule has 2 atom stereocenters. The first kappa shape index (κ1) is 12.0. The van der Waals surface area contributed by atoms with Gasteiger partial charge in [0.1, 0.15) is 11.9 Å². The summed E-state index contributed by atoms with van der Waals surface area (Å²) in [6.07, 6.45) is 6.18. The monoisotopic (exact) mass is 295 g/mol. The lowest BCUT2D eigenvalue weighted by Crippen LogP contribution is -2.23. The molecule has 0 saturated heterocycles. The Morgan fingerprint density at radius 2 is 2.12 bits per heavy atom. The summed E-state index contributed by atoms with van der Waals surface area (Å²) in [4.78, 5) is 0. The van der Waals surface area contributed by atoms with Crippen molar-refractivity contribution in [2.75, 3.05) is 0 Å². The summed E-state index contributed by atoms with van der Waals surface area (Å²) in [5.74, 6) is -1.34. The lowest BCUT2D eigenvalue weighted by Gasteiger charge is -2.26. The van der Waals surface area contributed by atoms with Crippen LogP contribution in [0.25, 0.3) is 0 Å². The molecule has 1 aromatic rings. The lowest BCUT2D eigenvalue weighted by molar-refractivity contribution is 0.334. The molecule has 0 saturated carbocycles. The van der Waals surface area contributed by atoms with Crippen LogP contribution in [0.5, 0.6) is 0 Å². The number of alkyl halides is 2. The van der Waals surface area contributed by atoms with Gasteiger partial charge < -0.3 is 0 Å². The molecule has 0 spiro atoms. The molecular weight excluding hydrogens is 288 g/mol. The molecule has 0 fully saturated rings. The zero-order valence-corrected chi connectivity index (χ0v) is 10.3. The number of allylic oxidation sites excluding steroid dienone is 4. The second-order valence-corrected chi connectivity index (χ2v) is 4.93. The number of hydrogen-bond acceptors (Lipinski definition) is 1. The van der Waals surface area contributed by atoms with Crippen LogP contribution in [0.2, 0.25) is 0 Å². The summed E-state index contributed by atoms with van der Waals surface area (Å²) in [5.41, 5.74) is 0.228. The summed E-state index contributed by atoms with van der Waals surface area (Å²) in [7, 11) is 0. The van der Waals surface area contributed by atoms with Crippen LogP contribution in [-0.2, 0) is 0 Å². The third-order valence-electron chi connectivity index (χ3n) is 2.64. The van der Waals surface area contributed by atoms with Crippen molar-refractivity contribution < 1.29 is 8.78 Å². The minimum absolute atomic E-state index is 0.112. The molecule has 0 aromatic heterocycles. The predicted octanol–water partition coefficient (Wildman–Crippen LogP) is 3.97. The Hall–Kier alpha value is -1.47. The maximum atomic E-state index is 14.2. The zero-order valence-electron chi connectivity index (χ0n) is 8.70. The number of hydrogen-bond donors (Lipinski definition) is 0. The van der Waals surface area contributed by atoms with Crippen molar-refractivity contribution in [2.24, 2.45) is 0 Å². The van der Waals surface area contributed by atoms with E-state index in [0.29, 0.717) is 5.56 Å². The molecule has 0 bridgehead atoms. The standard InChI is InChI=1S/C13H8BrF2N/c14-13(16)7-2-1-5-11(13)9-4-3-6-12(15)10(9)8-17/h1-7,11H. The normalized spacial score (nSPS) is 26.8. The van der Waals surface area contributed by atoms with Crippen molar-refractivity contribution in [3.63, 3.8) is 0 Å². The van der Waals surface area contributed by atoms with Gasteiger partial charge >= 0.3 is 0 Å². The van der Waals surface area contributed by atoms with Gasteiger partial charge in [0.2, 0.25) is 0 Å². The summed E-state index contributed by atoms with van der Waals surface area (Å²) in [6.45, 7) is 0. The Morgan fingerprint density at radius 1 is 1.35 bits per heavy atom. The first-order valence-electron chi connectivity index (χ1n) is 4.98. The largest absolute Gasteiger partial charge is 0.226 e. The second-order valence-electron chi connectivity index (χ2n) is 3.71. The highest BCUT2D eigenvalue weighted by Gasteiger charge is 2.36. The van der Waals surface area contributed by atoms with Crippen molar-refractivity contribution in [3.05, 3.63) is 59.4 Å². The molecule has 0 aliphatic heterocycles. The fourth-order valence-electron chi connectivity index (χ4n) is 1.82. The Morgan fingerprint density at radius 3 is 2.76 bits per heavy atom. The van der Waals surface area contributed by atoms with E-state index < -0.39 is 16.3 Å². The average molecular weight is 296 g/mol. The van der Waals surface area contributed by atoms with E-state index in [2.05, 4.69) is 15.9 Å². The fraction of sp³-hybridized carbons (Fsp3) is 0.154. The predicted molar refractivity (Wildman–Crippen MR) is 64.9 cm³/mol. The Kier molecular flexibility index (Phi) is 3.12. The molecule has 1 nitrogen and oxygen atoms in total. The van der Waals surface area contributed by atoms with Crippen molar-refractivity contribution >= 4 is 15.9 Å². The topological polar surface area (TPSA) is 23.8 Å². The smallest absolute Gasteiger partial charge is 0.193 e. The van der Waals surface area contributed by atoms with Crippen LogP contribution < -0.4 is 0 Å². The molecule has 0 N–H and O–H groups in total. The van der Waals surface area contributed by atoms with Crippen LogP contribution in [-0.4, -0.2) is 4.58 Å². The zero-order chi connectivity index (χ0) is 12.5. The number of nitriles is 1. The molecule has 2 rings (SSSR count). The molecule has 86 valence electrons. The SMILES string of the molecule is N#Cc1c(F)cccc1C1C=CC=CC1(F)Br. The summed E-state index contributed by atoms with van der Waals surface area (Å²) >= 11 is 2.95. The van der Waals surface area contributed by atoms with Gasteiger partial charge in [-0.1, -0.05) is 30.4 Å². The van der Waals surface area contributed by atoms with E-state index >= 15 is 0 Å². The van der Waals surface area contributed by atoms with E-state index in [-0.39, 0.29) is 5.56 Å². The van der Waals surface area contributed by atoms with Gasteiger partial charge in [-0.25, -0.2) is 8.78 Å². The van der Waals surface area contributed by atoms with Crippen molar-refractivity contribution in [2.45, 2.75) is 10.5 Å². The molecule has 1 aliphatic carbocycles. The van der Waals surface area contributed by atoms with E-state index in [9.17, 15) is 8.78 Å². The van der Waals surface area contributed by atoms with Gasteiger partial charge in [0.25, 0.3) is 0 Å². The average Bonchev–Trinajstić information content (AvgIpc) is 2.28. The molecular formula is C13H8BrF2N. The van der Waals surface area contributed by atoms with Gasteiger partial charge in [0.05, 0.1) is 11.5 Å². The molecule has 17 heavy (non-hydrogen) atoms. The van der Waals surface area contributed by atoms with Gasteiger partial charge in [-0.15, -0.1) is 0 Å². The van der Waals surface area contributed by atoms with Gasteiger partial charge in [-0.3, -0.25) is 0 Å². The molecule has 2 unspecified atom stereocenters. The van der Waals surface area contributed by atoms with Crippen molar-refractivity contribution in [1.82, 2.24) is 0 Å². The minimum atomic E-state index is -1.79. The van der Waals surface area contributed by atoms with Gasteiger partial charge in [-0.2, -0.15) is 5.26 Å². The first-order chi connectivity index (χ1) is 8.06. The number of benzene rings is 1. The Balaban J connectivity index is 2.56. The second kappa shape index (κ2) is 4.42. The van der Waals surface area contributed by atoms with E-state index in [1.807, 2.05) is 0 Å². The van der Waals surface area contributed by atoms with Gasteiger partial charge in [0.15, 0.2) is 4.58 Å². The third kappa shape index (κ3) is 2.16. The van der Waals surface area contributed by atoms with E-state index in [1.165, 1.54) is 18.2 Å². The van der Waals surface area contributed by atoms with Gasteiger partial charge in [-0.05, 0) is 33.6 Å². The molecule has 0 heterocycles. The van der Waals surface area contributed by atoms with Crippen LogP contribution in [0, 0.1) is 17.1 Å². The Labute approximate surface area is 106 Å². The van der Waals surface area contributed by atoms with Crippen molar-refractivity contribution in [1.29, 1.82) is 5.26 Å². The maximum Gasteiger partial charge on any atom is 0.193 e. The van der Waals surface area contributed by atoms with E-state index in [1.54, 1.807) is 30.4 Å². The first-order valence-corrected chi connectivity index (χ1v) is 5.78. The molecule has 0 amide bonds.